The molecule has 0 bridgehead atoms. The van der Waals surface area contributed by atoms with Crippen LogP contribution in [0.25, 0.3) is 0 Å². The van der Waals surface area contributed by atoms with Gasteiger partial charge < -0.3 is 19.7 Å². The van der Waals surface area contributed by atoms with Crippen molar-refractivity contribution in [3.8, 4) is 5.75 Å². The van der Waals surface area contributed by atoms with Crippen LogP contribution >= 0.6 is 35.4 Å². The van der Waals surface area contributed by atoms with Crippen molar-refractivity contribution in [2.75, 3.05) is 31.6 Å². The lowest BCUT2D eigenvalue weighted by Crippen LogP contribution is -2.49. The maximum atomic E-state index is 13.9. The van der Waals surface area contributed by atoms with Crippen LogP contribution in [0.2, 0.25) is 10.0 Å². The maximum absolute atomic E-state index is 13.9. The number of hydrogen-bond donors (Lipinski definition) is 1. The molecule has 0 saturated carbocycles. The number of carbonyl (C=O) groups excluding carboxylic acids is 1. The first-order chi connectivity index (χ1) is 13.8. The van der Waals surface area contributed by atoms with E-state index in [1.54, 1.807) is 18.2 Å². The number of Topliss-reactive ketones (excluding diaryl/α,β-unsaturated/α-hetero) is 1. The molecule has 1 saturated heterocycles. The lowest BCUT2D eigenvalue weighted by atomic mass is 10.1. The topological polar surface area (TPSA) is 50.8 Å². The Morgan fingerprint density at radius 2 is 2.03 bits per heavy atom. The number of ketones is 1. The highest BCUT2D eigenvalue weighted by Crippen LogP contribution is 2.24. The van der Waals surface area contributed by atoms with E-state index < -0.39 is 5.82 Å². The van der Waals surface area contributed by atoms with Crippen molar-refractivity contribution >= 4 is 52.0 Å². The minimum atomic E-state index is -0.440. The molecule has 1 fully saturated rings. The van der Waals surface area contributed by atoms with E-state index >= 15 is 0 Å². The lowest BCUT2D eigenvalue weighted by molar-refractivity contribution is -0.0281. The number of hydrogen-bond acceptors (Lipinski definition) is 4. The number of halogens is 3. The molecule has 1 heterocycles. The summed E-state index contributed by atoms with van der Waals surface area (Å²) in [6.07, 6.45) is -0.275. The van der Waals surface area contributed by atoms with Gasteiger partial charge in [0.2, 0.25) is 0 Å². The van der Waals surface area contributed by atoms with Crippen molar-refractivity contribution in [3.05, 3.63) is 57.8 Å². The van der Waals surface area contributed by atoms with Gasteiger partial charge in [-0.25, -0.2) is 4.39 Å². The van der Waals surface area contributed by atoms with Crippen molar-refractivity contribution in [2.24, 2.45) is 0 Å². The van der Waals surface area contributed by atoms with Crippen LogP contribution in [-0.2, 0) is 4.74 Å². The minimum Gasteiger partial charge on any atom is -0.490 e. The van der Waals surface area contributed by atoms with E-state index in [1.165, 1.54) is 25.1 Å². The largest absolute Gasteiger partial charge is 0.490 e. The van der Waals surface area contributed by atoms with Gasteiger partial charge in [0.05, 0.1) is 17.9 Å². The molecule has 2 aromatic rings. The number of nitrogens with zero attached hydrogens (tertiary/aromatic N) is 1. The van der Waals surface area contributed by atoms with Gasteiger partial charge in [0.1, 0.15) is 24.3 Å². The molecule has 5 nitrogen and oxygen atoms in total. The highest BCUT2D eigenvalue weighted by Gasteiger charge is 2.24. The lowest BCUT2D eigenvalue weighted by Gasteiger charge is -2.34. The summed E-state index contributed by atoms with van der Waals surface area (Å²) in [6.45, 7) is 3.14. The quantitative estimate of drug-likeness (QED) is 0.514. The molecule has 29 heavy (non-hydrogen) atoms. The third kappa shape index (κ3) is 5.79. The average Bonchev–Trinajstić information content (AvgIpc) is 2.70. The van der Waals surface area contributed by atoms with Crippen LogP contribution in [0.5, 0.6) is 5.75 Å². The van der Waals surface area contributed by atoms with E-state index in [0.717, 1.165) is 0 Å². The minimum absolute atomic E-state index is 0.136. The number of ether oxygens (including phenoxy) is 2. The van der Waals surface area contributed by atoms with Crippen molar-refractivity contribution < 1.29 is 18.7 Å². The molecule has 1 unspecified atom stereocenters. The summed E-state index contributed by atoms with van der Waals surface area (Å²) in [7, 11) is 0. The first-order valence-corrected chi connectivity index (χ1v) is 10.1. The third-order valence-electron chi connectivity index (χ3n) is 4.34. The normalized spacial score (nSPS) is 16.4. The highest BCUT2D eigenvalue weighted by atomic mass is 35.5. The summed E-state index contributed by atoms with van der Waals surface area (Å²) in [5.74, 6) is -0.128. The third-order valence-corrected chi connectivity index (χ3v) is 5.17. The molecule has 9 heteroatoms. The Morgan fingerprint density at radius 1 is 1.31 bits per heavy atom. The molecule has 1 aliphatic rings. The van der Waals surface area contributed by atoms with E-state index in [0.29, 0.717) is 46.2 Å². The summed E-state index contributed by atoms with van der Waals surface area (Å²) in [5, 5.41) is 4.13. The second kappa shape index (κ2) is 9.71. The van der Waals surface area contributed by atoms with Crippen LogP contribution in [-0.4, -0.2) is 48.2 Å². The number of morpholine rings is 1. The molecule has 2 aromatic carbocycles. The Morgan fingerprint density at radius 3 is 2.79 bits per heavy atom. The van der Waals surface area contributed by atoms with Gasteiger partial charge in [0.25, 0.3) is 0 Å². The Balaban J connectivity index is 1.60. The molecule has 0 amide bonds. The molecule has 1 N–H and O–H groups in total. The molecular formula is C20H19Cl2FN2O3S. The van der Waals surface area contributed by atoms with Crippen LogP contribution in [0, 0.1) is 5.82 Å². The summed E-state index contributed by atoms with van der Waals surface area (Å²) < 4.78 is 25.5. The van der Waals surface area contributed by atoms with Crippen molar-refractivity contribution in [2.45, 2.75) is 13.0 Å². The van der Waals surface area contributed by atoms with E-state index in [1.807, 2.05) is 4.90 Å². The standard InChI is InChI=1S/C20H19Cl2FN2O3S/c1-12(26)16-8-13(21)3-5-19(16)28-11-15-10-25(6-7-27-15)20(29)24-18-9-14(22)2-4-17(18)23/h2-5,8-9,15H,6-7,10-11H2,1H3,(H,24,29). The predicted molar refractivity (Wildman–Crippen MR) is 116 cm³/mol. The fourth-order valence-corrected chi connectivity index (χ4v) is 3.50. The number of anilines is 1. The highest BCUT2D eigenvalue weighted by molar-refractivity contribution is 7.80. The molecule has 1 atom stereocenters. The molecule has 0 aromatic heterocycles. The van der Waals surface area contributed by atoms with Gasteiger partial charge in [0.15, 0.2) is 10.9 Å². The van der Waals surface area contributed by atoms with Crippen LogP contribution < -0.4 is 10.1 Å². The SMILES string of the molecule is CC(=O)c1cc(Cl)ccc1OCC1CN(C(=S)Nc2cc(Cl)ccc2F)CCO1. The van der Waals surface area contributed by atoms with Crippen LogP contribution in [0.4, 0.5) is 10.1 Å². The summed E-state index contributed by atoms with van der Waals surface area (Å²) >= 11 is 17.3. The number of nitrogens with one attached hydrogen (secondary N) is 1. The second-order valence-electron chi connectivity index (χ2n) is 6.50. The van der Waals surface area contributed by atoms with Crippen LogP contribution in [0.15, 0.2) is 36.4 Å². The number of carbonyl (C=O) groups is 1. The summed E-state index contributed by atoms with van der Waals surface area (Å²) in [5.41, 5.74) is 0.632. The zero-order valence-corrected chi connectivity index (χ0v) is 17.9. The van der Waals surface area contributed by atoms with Gasteiger partial charge in [-0.05, 0) is 55.5 Å². The van der Waals surface area contributed by atoms with E-state index in [2.05, 4.69) is 5.32 Å². The Labute approximate surface area is 183 Å². The zero-order valence-electron chi connectivity index (χ0n) is 15.6. The molecular weight excluding hydrogens is 438 g/mol. The van der Waals surface area contributed by atoms with E-state index in [4.69, 9.17) is 44.9 Å². The Hall–Kier alpha value is -1.93. The molecule has 0 radical (unpaired) electrons. The fraction of sp³-hybridized carbons (Fsp3) is 0.300. The molecule has 3 rings (SSSR count). The zero-order chi connectivity index (χ0) is 21.0. The first kappa shape index (κ1) is 21.8. The van der Waals surface area contributed by atoms with Gasteiger partial charge in [-0.1, -0.05) is 23.2 Å². The van der Waals surface area contributed by atoms with Crippen LogP contribution in [0.3, 0.4) is 0 Å². The Kier molecular flexibility index (Phi) is 7.29. The van der Waals surface area contributed by atoms with Crippen molar-refractivity contribution in [1.29, 1.82) is 0 Å². The maximum Gasteiger partial charge on any atom is 0.173 e. The average molecular weight is 457 g/mol. The van der Waals surface area contributed by atoms with Gasteiger partial charge in [-0.2, -0.15) is 0 Å². The molecule has 0 spiro atoms. The first-order valence-electron chi connectivity index (χ1n) is 8.89. The summed E-state index contributed by atoms with van der Waals surface area (Å²) in [6, 6.07) is 9.13. The van der Waals surface area contributed by atoms with Crippen LogP contribution in [0.1, 0.15) is 17.3 Å². The Bertz CT molecular complexity index is 929. The van der Waals surface area contributed by atoms with Gasteiger partial charge in [0, 0.05) is 23.1 Å². The van der Waals surface area contributed by atoms with Gasteiger partial charge in [-0.3, -0.25) is 4.79 Å². The number of rotatable bonds is 5. The van der Waals surface area contributed by atoms with Crippen molar-refractivity contribution in [1.82, 2.24) is 4.90 Å². The monoisotopic (exact) mass is 456 g/mol. The smallest absolute Gasteiger partial charge is 0.173 e. The second-order valence-corrected chi connectivity index (χ2v) is 7.76. The number of thiocarbonyl (C=S) groups is 1. The molecule has 0 aliphatic carbocycles. The van der Waals surface area contributed by atoms with Gasteiger partial charge >= 0.3 is 0 Å². The predicted octanol–water partition coefficient (Wildman–Crippen LogP) is 4.81. The van der Waals surface area contributed by atoms with Crippen molar-refractivity contribution in [3.63, 3.8) is 0 Å². The van der Waals surface area contributed by atoms with Gasteiger partial charge in [-0.15, -0.1) is 0 Å². The van der Waals surface area contributed by atoms with E-state index in [-0.39, 0.29) is 24.2 Å². The molecule has 154 valence electrons. The van der Waals surface area contributed by atoms with E-state index in [9.17, 15) is 9.18 Å². The fourth-order valence-electron chi connectivity index (χ4n) is 2.88. The summed E-state index contributed by atoms with van der Waals surface area (Å²) in [4.78, 5) is 13.7. The molecule has 1 aliphatic heterocycles. The number of benzene rings is 2.